The van der Waals surface area contributed by atoms with Crippen LogP contribution in [0.4, 0.5) is 0 Å². The first kappa shape index (κ1) is 70.1. The Morgan fingerprint density at radius 2 is 0.740 bits per heavy atom. The summed E-state index contributed by atoms with van der Waals surface area (Å²) >= 11 is 0. The fourth-order valence-electron chi connectivity index (χ4n) is 10.8. The van der Waals surface area contributed by atoms with Crippen LogP contribution in [-0.2, 0) is 33.2 Å². The number of carbonyl (C=O) groups excluding carboxylic acids is 1. The Hall–Kier alpha value is -1.21. The lowest BCUT2D eigenvalue weighted by Crippen LogP contribution is -2.66. The smallest absolute Gasteiger partial charge is 0.220 e. The van der Waals surface area contributed by atoms with Crippen molar-refractivity contribution in [2.45, 2.75) is 336 Å². The van der Waals surface area contributed by atoms with Crippen molar-refractivity contribution in [1.29, 1.82) is 0 Å². The van der Waals surface area contributed by atoms with Gasteiger partial charge >= 0.3 is 0 Å². The van der Waals surface area contributed by atoms with E-state index in [4.69, 9.17) is 28.4 Å². The zero-order valence-electron chi connectivity index (χ0n) is 47.5. The molecule has 0 radical (unpaired) electrons. The molecule has 0 spiro atoms. The summed E-state index contributed by atoms with van der Waals surface area (Å²) in [7, 11) is 0. The molecule has 3 saturated heterocycles. The van der Waals surface area contributed by atoms with Crippen LogP contribution in [-0.4, -0.2) is 193 Å². The molecule has 77 heavy (non-hydrogen) atoms. The maximum absolute atomic E-state index is 13.3. The highest BCUT2D eigenvalue weighted by atomic mass is 16.8. The summed E-state index contributed by atoms with van der Waals surface area (Å²) in [6.45, 7) is 1.80. The van der Waals surface area contributed by atoms with Gasteiger partial charge in [-0.2, -0.15) is 0 Å². The third kappa shape index (κ3) is 26.7. The number of rotatable bonds is 46. The number of aliphatic hydroxyl groups is 11. The van der Waals surface area contributed by atoms with Crippen LogP contribution in [0.1, 0.15) is 232 Å². The normalized spacial score (nSPS) is 30.6. The fraction of sp³-hybridized carbons (Fsp3) is 0.983. The summed E-state index contributed by atoms with van der Waals surface area (Å²) in [5.41, 5.74) is 0. The Morgan fingerprint density at radius 3 is 1.13 bits per heavy atom. The molecule has 17 unspecified atom stereocenters. The highest BCUT2D eigenvalue weighted by Gasteiger charge is 2.53. The van der Waals surface area contributed by atoms with Crippen LogP contribution in [0, 0.1) is 0 Å². The minimum atomic E-state index is -1.97. The van der Waals surface area contributed by atoms with E-state index in [1.807, 2.05) is 0 Å². The zero-order valence-corrected chi connectivity index (χ0v) is 47.5. The molecule has 3 heterocycles. The van der Waals surface area contributed by atoms with Crippen molar-refractivity contribution in [2.24, 2.45) is 0 Å². The van der Waals surface area contributed by atoms with Crippen molar-refractivity contribution < 1.29 is 89.4 Å². The number of ether oxygens (including phenoxy) is 6. The Kier molecular flexibility index (Phi) is 38.7. The monoisotopic (exact) mass is 1110 g/mol. The zero-order chi connectivity index (χ0) is 56.2. The van der Waals surface area contributed by atoms with E-state index < -0.39 is 124 Å². The van der Waals surface area contributed by atoms with E-state index in [1.165, 1.54) is 154 Å². The van der Waals surface area contributed by atoms with Gasteiger partial charge in [0, 0.05) is 6.42 Å². The van der Waals surface area contributed by atoms with E-state index >= 15 is 0 Å². The van der Waals surface area contributed by atoms with Crippen LogP contribution < -0.4 is 5.32 Å². The Bertz CT molecular complexity index is 1420. The quantitative estimate of drug-likeness (QED) is 0.0330. The van der Waals surface area contributed by atoms with Crippen LogP contribution in [0.25, 0.3) is 0 Å². The number of carbonyl (C=O) groups is 1. The molecule has 0 aliphatic carbocycles. The first-order valence-electron chi connectivity index (χ1n) is 30.8. The average Bonchev–Trinajstić information content (AvgIpc) is 3.43. The molecule has 3 rings (SSSR count). The molecule has 0 bridgehead atoms. The summed E-state index contributed by atoms with van der Waals surface area (Å²) in [6.07, 6.45) is 13.3. The van der Waals surface area contributed by atoms with Gasteiger partial charge in [0.05, 0.1) is 38.6 Å². The second-order valence-corrected chi connectivity index (χ2v) is 22.5. The molecule has 0 aromatic carbocycles. The molecule has 0 saturated carbocycles. The molecule has 3 fully saturated rings. The number of unbranched alkanes of at least 4 members (excludes halogenated alkanes) is 30. The van der Waals surface area contributed by atoms with Gasteiger partial charge in [0.15, 0.2) is 18.9 Å². The second kappa shape index (κ2) is 42.6. The van der Waals surface area contributed by atoms with E-state index in [2.05, 4.69) is 19.2 Å². The van der Waals surface area contributed by atoms with Gasteiger partial charge in [-0.1, -0.05) is 213 Å². The van der Waals surface area contributed by atoms with Crippen LogP contribution >= 0.6 is 0 Å². The largest absolute Gasteiger partial charge is 0.394 e. The third-order valence-electron chi connectivity index (χ3n) is 15.9. The number of hydrogen-bond donors (Lipinski definition) is 12. The summed E-state index contributed by atoms with van der Waals surface area (Å²) in [6, 6.07) is -0.879. The van der Waals surface area contributed by atoms with Gasteiger partial charge in [-0.25, -0.2) is 0 Å². The summed E-state index contributed by atoms with van der Waals surface area (Å²) < 4.78 is 34.3. The minimum Gasteiger partial charge on any atom is -0.394 e. The molecule has 1 amide bonds. The van der Waals surface area contributed by atoms with E-state index in [-0.39, 0.29) is 18.9 Å². The SMILES string of the molecule is CCCCCCCCCCCCCCCCCCCCCC(O)C(COC1OC(CO)C(OC2OC(CO)C(OC3OC(CO)C(O)C(O)C3O)C(O)C2O)C(O)C1O)NC(=O)CCCCCCCCCCCCCCC. The lowest BCUT2D eigenvalue weighted by atomic mass is 9.96. The number of amides is 1. The van der Waals surface area contributed by atoms with Crippen LogP contribution in [0.15, 0.2) is 0 Å². The Labute approximate surface area is 462 Å². The second-order valence-electron chi connectivity index (χ2n) is 22.5. The molecule has 3 aliphatic rings. The molecule has 0 aromatic heterocycles. The van der Waals surface area contributed by atoms with Crippen LogP contribution in [0.2, 0.25) is 0 Å². The van der Waals surface area contributed by atoms with Gasteiger partial charge in [0.2, 0.25) is 5.91 Å². The van der Waals surface area contributed by atoms with Crippen molar-refractivity contribution in [1.82, 2.24) is 5.32 Å². The molecule has 19 nitrogen and oxygen atoms in total. The van der Waals surface area contributed by atoms with Gasteiger partial charge in [-0.3, -0.25) is 4.79 Å². The van der Waals surface area contributed by atoms with E-state index in [1.54, 1.807) is 0 Å². The average molecular weight is 1110 g/mol. The summed E-state index contributed by atoms with van der Waals surface area (Å²) in [4.78, 5) is 13.3. The van der Waals surface area contributed by atoms with Crippen LogP contribution in [0.5, 0.6) is 0 Å². The van der Waals surface area contributed by atoms with Gasteiger partial charge in [0.25, 0.3) is 0 Å². The minimum absolute atomic E-state index is 0.240. The first-order chi connectivity index (χ1) is 37.3. The third-order valence-corrected chi connectivity index (χ3v) is 15.9. The van der Waals surface area contributed by atoms with Gasteiger partial charge in [0.1, 0.15) is 73.2 Å². The number of hydrogen-bond acceptors (Lipinski definition) is 18. The molecule has 12 N–H and O–H groups in total. The van der Waals surface area contributed by atoms with Crippen LogP contribution in [0.3, 0.4) is 0 Å². The van der Waals surface area contributed by atoms with E-state index in [0.29, 0.717) is 12.8 Å². The van der Waals surface area contributed by atoms with Crippen molar-refractivity contribution in [2.75, 3.05) is 26.4 Å². The molecule has 456 valence electrons. The number of aliphatic hydroxyl groups excluding tert-OH is 11. The lowest BCUT2D eigenvalue weighted by molar-refractivity contribution is -0.379. The molecule has 0 aromatic rings. The van der Waals surface area contributed by atoms with Gasteiger partial charge in [-0.05, 0) is 12.8 Å². The molecule has 3 aliphatic heterocycles. The Morgan fingerprint density at radius 1 is 0.416 bits per heavy atom. The molecular weight excluding hydrogens is 999 g/mol. The fourth-order valence-corrected chi connectivity index (χ4v) is 10.8. The van der Waals surface area contributed by atoms with E-state index in [0.717, 1.165) is 44.9 Å². The van der Waals surface area contributed by atoms with Gasteiger partial charge < -0.3 is 89.9 Å². The Balaban J connectivity index is 1.48. The molecular formula is C58H111NO18. The summed E-state index contributed by atoms with van der Waals surface area (Å²) in [5.74, 6) is -0.240. The van der Waals surface area contributed by atoms with Crippen molar-refractivity contribution in [3.05, 3.63) is 0 Å². The molecule has 17 atom stereocenters. The van der Waals surface area contributed by atoms with Crippen molar-refractivity contribution >= 4 is 5.91 Å². The summed E-state index contributed by atoms with van der Waals surface area (Å²) in [5, 5.41) is 120. The van der Waals surface area contributed by atoms with Crippen molar-refractivity contribution in [3.63, 3.8) is 0 Å². The highest BCUT2D eigenvalue weighted by Crippen LogP contribution is 2.33. The topological polar surface area (TPSA) is 307 Å². The lowest BCUT2D eigenvalue weighted by Gasteiger charge is -2.48. The first-order valence-corrected chi connectivity index (χ1v) is 30.8. The predicted octanol–water partition coefficient (Wildman–Crippen LogP) is 5.60. The maximum atomic E-state index is 13.3. The predicted molar refractivity (Wildman–Crippen MR) is 291 cm³/mol. The van der Waals surface area contributed by atoms with E-state index in [9.17, 15) is 61.0 Å². The van der Waals surface area contributed by atoms with Crippen molar-refractivity contribution in [3.8, 4) is 0 Å². The standard InChI is InChI=1S/C58H111NO18/c1-3-5-7-9-11-13-15-17-18-19-20-21-22-24-25-27-29-31-33-35-42(63)41(59-46(64)36-34-32-30-28-26-23-16-14-12-10-8-6-4-2)40-72-56-52(70)49(67)54(44(38-61)74-56)77-58-53(71)50(68)55(45(39-62)75-58)76-57-51(69)48(66)47(65)43(37-60)73-57/h41-45,47-58,60-63,65-71H,3-40H2,1-2H3,(H,59,64). The van der Waals surface area contributed by atoms with Gasteiger partial charge in [-0.15, -0.1) is 0 Å². The number of nitrogens with one attached hydrogen (secondary N) is 1. The highest BCUT2D eigenvalue weighted by molar-refractivity contribution is 5.76. The maximum Gasteiger partial charge on any atom is 0.220 e. The molecule has 19 heteroatoms.